The van der Waals surface area contributed by atoms with E-state index in [0.29, 0.717) is 29.3 Å². The fraction of sp³-hybridized carbons (Fsp3) is 0.0800. The Bertz CT molecular complexity index is 1200. The number of aliphatic hydroxyl groups excluding tert-OH is 1. The van der Waals surface area contributed by atoms with Crippen LogP contribution < -0.4 is 15.0 Å². The number of nitrogens with zero attached hydrogens (tertiary/aromatic N) is 1. The van der Waals surface area contributed by atoms with Gasteiger partial charge < -0.3 is 15.2 Å². The molecule has 32 heavy (non-hydrogen) atoms. The second-order valence-electron chi connectivity index (χ2n) is 7.20. The lowest BCUT2D eigenvalue weighted by atomic mass is 10.1. The molecule has 2 N–H and O–H groups in total. The van der Waals surface area contributed by atoms with Gasteiger partial charge >= 0.3 is 5.91 Å². The van der Waals surface area contributed by atoms with Crippen molar-refractivity contribution in [3.05, 3.63) is 95.7 Å². The number of aliphatic hydroxyl groups is 1. The van der Waals surface area contributed by atoms with Gasteiger partial charge in [0.25, 0.3) is 5.91 Å². The van der Waals surface area contributed by atoms with Gasteiger partial charge in [-0.3, -0.25) is 14.4 Å². The van der Waals surface area contributed by atoms with Crippen molar-refractivity contribution in [3.8, 4) is 5.75 Å². The van der Waals surface area contributed by atoms with Gasteiger partial charge in [-0.15, -0.1) is 0 Å². The van der Waals surface area contributed by atoms with Crippen LogP contribution in [-0.4, -0.2) is 22.8 Å². The van der Waals surface area contributed by atoms with Crippen molar-refractivity contribution in [3.63, 3.8) is 0 Å². The molecule has 0 saturated heterocycles. The molecule has 0 saturated carbocycles. The van der Waals surface area contributed by atoms with Crippen LogP contribution in [0.4, 0.5) is 11.4 Å². The van der Waals surface area contributed by atoms with E-state index in [1.165, 1.54) is 6.92 Å². The van der Waals surface area contributed by atoms with E-state index < -0.39 is 17.6 Å². The Morgan fingerprint density at radius 3 is 2.19 bits per heavy atom. The van der Waals surface area contributed by atoms with Crippen molar-refractivity contribution < 1.29 is 24.2 Å². The van der Waals surface area contributed by atoms with Gasteiger partial charge in [-0.1, -0.05) is 42.5 Å². The summed E-state index contributed by atoms with van der Waals surface area (Å²) in [5.41, 5.74) is 2.17. The molecular weight excluding hydrogens is 408 g/mol. The first-order chi connectivity index (χ1) is 15.4. The topological polar surface area (TPSA) is 95.9 Å². The number of carbonyl (C=O) groups excluding carboxylic acids is 3. The quantitative estimate of drug-likeness (QED) is 0.577. The number of nitrogens with one attached hydrogen (secondary N) is 1. The van der Waals surface area contributed by atoms with E-state index in [-0.39, 0.29) is 11.5 Å². The molecule has 1 aliphatic rings. The molecular formula is C25H20N2O5. The van der Waals surface area contributed by atoms with Gasteiger partial charge in [-0.25, -0.2) is 4.90 Å². The van der Waals surface area contributed by atoms with Crippen LogP contribution in [0.1, 0.15) is 18.1 Å². The predicted molar refractivity (Wildman–Crippen MR) is 120 cm³/mol. The second-order valence-corrected chi connectivity index (χ2v) is 7.20. The maximum atomic E-state index is 13.0. The van der Waals surface area contributed by atoms with Crippen molar-refractivity contribution in [2.45, 2.75) is 13.5 Å². The monoisotopic (exact) mass is 428 g/mol. The molecule has 0 radical (unpaired) electrons. The van der Waals surface area contributed by atoms with Crippen LogP contribution in [0.5, 0.6) is 5.75 Å². The molecule has 0 aromatic heterocycles. The SMILES string of the molecule is CC(=O)Nc1ccc(C2=C(O)C(=O)N(c3ccc(OCc4ccccc4)cc3)C2=O)cc1. The Hall–Kier alpha value is -4.39. The zero-order valence-electron chi connectivity index (χ0n) is 17.2. The van der Waals surface area contributed by atoms with Gasteiger partial charge in [0.05, 0.1) is 11.3 Å². The van der Waals surface area contributed by atoms with E-state index in [0.717, 1.165) is 10.5 Å². The first-order valence-corrected chi connectivity index (χ1v) is 9.91. The summed E-state index contributed by atoms with van der Waals surface area (Å²) in [6.07, 6.45) is 0. The first-order valence-electron chi connectivity index (χ1n) is 9.91. The van der Waals surface area contributed by atoms with Crippen molar-refractivity contribution in [2.24, 2.45) is 0 Å². The molecule has 1 heterocycles. The third kappa shape index (κ3) is 4.22. The lowest BCUT2D eigenvalue weighted by Gasteiger charge is -2.15. The Morgan fingerprint density at radius 1 is 0.906 bits per heavy atom. The molecule has 0 fully saturated rings. The molecule has 0 bridgehead atoms. The maximum absolute atomic E-state index is 13.0. The van der Waals surface area contributed by atoms with Crippen molar-refractivity contribution in [1.82, 2.24) is 0 Å². The van der Waals surface area contributed by atoms with Gasteiger partial charge in [0, 0.05) is 12.6 Å². The zero-order valence-corrected chi connectivity index (χ0v) is 17.2. The van der Waals surface area contributed by atoms with E-state index in [1.54, 1.807) is 48.5 Å². The third-order valence-corrected chi connectivity index (χ3v) is 4.90. The average molecular weight is 428 g/mol. The number of rotatable bonds is 6. The molecule has 3 aromatic carbocycles. The minimum atomic E-state index is -0.797. The summed E-state index contributed by atoms with van der Waals surface area (Å²) in [7, 11) is 0. The molecule has 3 amide bonds. The van der Waals surface area contributed by atoms with Crippen LogP contribution in [-0.2, 0) is 21.0 Å². The number of ether oxygens (including phenoxy) is 1. The zero-order chi connectivity index (χ0) is 22.7. The predicted octanol–water partition coefficient (Wildman–Crippen LogP) is 4.07. The molecule has 7 heteroatoms. The highest BCUT2D eigenvalue weighted by Crippen LogP contribution is 2.33. The highest BCUT2D eigenvalue weighted by atomic mass is 16.5. The largest absolute Gasteiger partial charge is 0.502 e. The van der Waals surface area contributed by atoms with Gasteiger partial charge in [-0.2, -0.15) is 0 Å². The number of benzene rings is 3. The summed E-state index contributed by atoms with van der Waals surface area (Å²) in [5.74, 6) is -1.68. The van der Waals surface area contributed by atoms with E-state index in [9.17, 15) is 19.5 Å². The van der Waals surface area contributed by atoms with Crippen LogP contribution in [0.2, 0.25) is 0 Å². The molecule has 4 rings (SSSR count). The lowest BCUT2D eigenvalue weighted by molar-refractivity contribution is -0.121. The van der Waals surface area contributed by atoms with Crippen molar-refractivity contribution in [1.29, 1.82) is 0 Å². The molecule has 1 aliphatic heterocycles. The fourth-order valence-corrected chi connectivity index (χ4v) is 3.37. The third-order valence-electron chi connectivity index (χ3n) is 4.90. The summed E-state index contributed by atoms with van der Waals surface area (Å²) in [6, 6.07) is 22.5. The number of hydrogen-bond acceptors (Lipinski definition) is 5. The Labute approximate surface area is 184 Å². The van der Waals surface area contributed by atoms with Crippen molar-refractivity contribution >= 4 is 34.7 Å². The van der Waals surface area contributed by atoms with Gasteiger partial charge in [0.2, 0.25) is 5.91 Å². The summed E-state index contributed by atoms with van der Waals surface area (Å²) in [5, 5.41) is 13.0. The minimum Gasteiger partial charge on any atom is -0.502 e. The van der Waals surface area contributed by atoms with E-state index in [2.05, 4.69) is 5.32 Å². The normalized spacial score (nSPS) is 13.5. The molecule has 0 spiro atoms. The van der Waals surface area contributed by atoms with Crippen LogP contribution in [0.25, 0.3) is 5.57 Å². The molecule has 0 unspecified atom stereocenters. The van der Waals surface area contributed by atoms with Gasteiger partial charge in [0.15, 0.2) is 5.76 Å². The first kappa shape index (κ1) is 20.9. The Balaban J connectivity index is 1.50. The second kappa shape index (κ2) is 8.77. The molecule has 0 atom stereocenters. The van der Waals surface area contributed by atoms with Gasteiger partial charge in [0.1, 0.15) is 12.4 Å². The fourth-order valence-electron chi connectivity index (χ4n) is 3.37. The summed E-state index contributed by atoms with van der Waals surface area (Å²) in [6.45, 7) is 1.78. The maximum Gasteiger partial charge on any atom is 0.301 e. The summed E-state index contributed by atoms with van der Waals surface area (Å²) in [4.78, 5) is 37.7. The van der Waals surface area contributed by atoms with E-state index in [1.807, 2.05) is 30.3 Å². The van der Waals surface area contributed by atoms with Crippen molar-refractivity contribution in [2.75, 3.05) is 10.2 Å². The standard InChI is InChI=1S/C25H20N2O5/c1-16(28)26-19-9-7-18(8-10-19)22-23(29)25(31)27(24(22)30)20-11-13-21(14-12-20)32-15-17-5-3-2-4-6-17/h2-14,29H,15H2,1H3,(H,26,28). The molecule has 7 nitrogen and oxygen atoms in total. The van der Waals surface area contributed by atoms with Crippen LogP contribution in [0.3, 0.4) is 0 Å². The number of imide groups is 1. The van der Waals surface area contributed by atoms with Crippen LogP contribution in [0.15, 0.2) is 84.6 Å². The summed E-state index contributed by atoms with van der Waals surface area (Å²) < 4.78 is 5.74. The minimum absolute atomic E-state index is 0.0891. The molecule has 160 valence electrons. The van der Waals surface area contributed by atoms with Gasteiger partial charge in [-0.05, 0) is 47.5 Å². The van der Waals surface area contributed by atoms with Crippen LogP contribution >= 0.6 is 0 Å². The average Bonchev–Trinajstić information content (AvgIpc) is 3.02. The Kier molecular flexibility index (Phi) is 5.72. The lowest BCUT2D eigenvalue weighted by Crippen LogP contribution is -2.31. The number of hydrogen-bond donors (Lipinski definition) is 2. The summed E-state index contributed by atoms with van der Waals surface area (Å²) >= 11 is 0. The highest BCUT2D eigenvalue weighted by molar-refractivity contribution is 6.44. The number of carbonyl (C=O) groups is 3. The number of amides is 3. The van der Waals surface area contributed by atoms with Crippen LogP contribution in [0, 0.1) is 0 Å². The number of anilines is 2. The van der Waals surface area contributed by atoms with E-state index >= 15 is 0 Å². The molecule has 0 aliphatic carbocycles. The highest BCUT2D eigenvalue weighted by Gasteiger charge is 2.40. The Morgan fingerprint density at radius 2 is 1.56 bits per heavy atom. The molecule has 3 aromatic rings. The van der Waals surface area contributed by atoms with E-state index in [4.69, 9.17) is 4.74 Å². The smallest absolute Gasteiger partial charge is 0.301 e.